The molecule has 3 aromatic carbocycles. The van der Waals surface area contributed by atoms with Gasteiger partial charge in [-0.25, -0.2) is 18.0 Å². The molecule has 0 spiro atoms. The molecule has 0 amide bonds. The predicted molar refractivity (Wildman–Crippen MR) is 157 cm³/mol. The van der Waals surface area contributed by atoms with Crippen LogP contribution >= 0.6 is 11.6 Å². The molecule has 2 aliphatic heterocycles. The molecule has 0 radical (unpaired) electrons. The summed E-state index contributed by atoms with van der Waals surface area (Å²) < 4.78 is 44.9. The fourth-order valence-electron chi connectivity index (χ4n) is 5.92. The van der Waals surface area contributed by atoms with E-state index in [9.17, 15) is 23.5 Å². The van der Waals surface area contributed by atoms with Crippen LogP contribution in [0.15, 0.2) is 59.5 Å². The second-order valence-electron chi connectivity index (χ2n) is 10.7. The number of anilines is 2. The molecule has 2 fully saturated rings. The van der Waals surface area contributed by atoms with Crippen LogP contribution in [0.3, 0.4) is 0 Å². The average molecular weight is 597 g/mol. The van der Waals surface area contributed by atoms with E-state index in [2.05, 4.69) is 4.90 Å². The number of aromatic nitrogens is 1. The standard InChI is InChI=1S/C31H28ClF3N4O3/c32-27-28-22(16-25(35)29(27)38-13-11-37(12-14-38)26-8-5-20(33)15-24(26)34)30(40)23(31(41)42)18-39(28)21-6-3-19(4-7-21)17-36-9-1-2-10-36/h3-8,15-16,18H,1-2,9-14,17H2,(H,41,42). The monoisotopic (exact) mass is 596 g/mol. The Kier molecular flexibility index (Phi) is 7.59. The number of hydrogen-bond donors (Lipinski definition) is 1. The van der Waals surface area contributed by atoms with Crippen molar-refractivity contribution in [3.05, 3.63) is 98.6 Å². The van der Waals surface area contributed by atoms with Gasteiger partial charge in [-0.2, -0.15) is 0 Å². The van der Waals surface area contributed by atoms with Gasteiger partial charge in [0.2, 0.25) is 5.43 Å². The molecule has 1 aromatic heterocycles. The lowest BCUT2D eigenvalue weighted by Crippen LogP contribution is -2.47. The fourth-order valence-corrected chi connectivity index (χ4v) is 6.32. The van der Waals surface area contributed by atoms with Crippen LogP contribution in [0.1, 0.15) is 28.8 Å². The van der Waals surface area contributed by atoms with E-state index in [-0.39, 0.29) is 40.4 Å². The third kappa shape index (κ3) is 5.20. The van der Waals surface area contributed by atoms with Crippen LogP contribution in [0, 0.1) is 17.5 Å². The zero-order valence-electron chi connectivity index (χ0n) is 22.6. The van der Waals surface area contributed by atoms with Crippen LogP contribution in [0.2, 0.25) is 5.02 Å². The second-order valence-corrected chi connectivity index (χ2v) is 11.1. The van der Waals surface area contributed by atoms with Crippen molar-refractivity contribution >= 4 is 39.8 Å². The third-order valence-electron chi connectivity index (χ3n) is 8.05. The number of pyridine rings is 1. The van der Waals surface area contributed by atoms with Gasteiger partial charge in [-0.05, 0) is 61.8 Å². The van der Waals surface area contributed by atoms with E-state index in [0.29, 0.717) is 18.8 Å². The SMILES string of the molecule is O=C(O)c1cn(-c2ccc(CN3CCCC3)cc2)c2c(Cl)c(N3CCN(c4ccc(F)cc4F)CC3)c(F)cc2c1=O. The summed E-state index contributed by atoms with van der Waals surface area (Å²) in [5.74, 6) is -3.53. The molecule has 1 N–H and O–H groups in total. The molecule has 11 heteroatoms. The van der Waals surface area contributed by atoms with Crippen molar-refractivity contribution in [2.45, 2.75) is 19.4 Å². The lowest BCUT2D eigenvalue weighted by molar-refractivity contribution is 0.0695. The Morgan fingerprint density at radius 3 is 2.17 bits per heavy atom. The first-order valence-electron chi connectivity index (χ1n) is 13.8. The third-order valence-corrected chi connectivity index (χ3v) is 8.41. The van der Waals surface area contributed by atoms with E-state index in [4.69, 9.17) is 11.6 Å². The largest absolute Gasteiger partial charge is 0.477 e. The number of nitrogens with zero attached hydrogens (tertiary/aromatic N) is 4. The van der Waals surface area contributed by atoms with Crippen LogP contribution < -0.4 is 15.2 Å². The number of likely N-dealkylation sites (tertiary alicyclic amines) is 1. The van der Waals surface area contributed by atoms with Crippen LogP contribution in [-0.4, -0.2) is 59.8 Å². The average Bonchev–Trinajstić information content (AvgIpc) is 3.47. The molecule has 3 heterocycles. The maximum Gasteiger partial charge on any atom is 0.341 e. The predicted octanol–water partition coefficient (Wildman–Crippen LogP) is 5.68. The Morgan fingerprint density at radius 2 is 1.52 bits per heavy atom. The first kappa shape index (κ1) is 28.1. The number of rotatable bonds is 6. The highest BCUT2D eigenvalue weighted by Crippen LogP contribution is 2.37. The minimum absolute atomic E-state index is 0.0263. The molecule has 42 heavy (non-hydrogen) atoms. The molecular formula is C31H28ClF3N4O3. The summed E-state index contributed by atoms with van der Waals surface area (Å²) in [5, 5.41) is 9.57. The quantitative estimate of drug-likeness (QED) is 0.309. The van der Waals surface area contributed by atoms with E-state index in [0.717, 1.165) is 37.3 Å². The summed E-state index contributed by atoms with van der Waals surface area (Å²) in [4.78, 5) is 30.9. The second kappa shape index (κ2) is 11.3. The molecule has 2 aliphatic rings. The smallest absolute Gasteiger partial charge is 0.341 e. The molecule has 0 saturated carbocycles. The molecule has 0 atom stereocenters. The topological polar surface area (TPSA) is 69.0 Å². The Morgan fingerprint density at radius 1 is 0.857 bits per heavy atom. The molecule has 2 saturated heterocycles. The van der Waals surface area contributed by atoms with E-state index < -0.39 is 34.4 Å². The number of carboxylic acid groups (broad SMARTS) is 1. The van der Waals surface area contributed by atoms with Crippen LogP contribution in [0.4, 0.5) is 24.5 Å². The number of aromatic carboxylic acids is 1. The summed E-state index contributed by atoms with van der Waals surface area (Å²) in [6.07, 6.45) is 3.58. The van der Waals surface area contributed by atoms with Crippen LogP contribution in [0.25, 0.3) is 16.6 Å². The summed E-state index contributed by atoms with van der Waals surface area (Å²) >= 11 is 6.87. The van der Waals surface area contributed by atoms with Crippen molar-refractivity contribution in [2.75, 3.05) is 49.1 Å². The van der Waals surface area contributed by atoms with Crippen LogP contribution in [0.5, 0.6) is 0 Å². The van der Waals surface area contributed by atoms with E-state index in [1.807, 2.05) is 24.3 Å². The maximum absolute atomic E-state index is 15.6. The summed E-state index contributed by atoms with van der Waals surface area (Å²) in [6, 6.07) is 12.0. The number of benzene rings is 3. The van der Waals surface area contributed by atoms with Gasteiger partial charge in [-0.1, -0.05) is 23.7 Å². The Labute approximate surface area is 244 Å². The van der Waals surface area contributed by atoms with Crippen molar-refractivity contribution < 1.29 is 23.1 Å². The van der Waals surface area contributed by atoms with Gasteiger partial charge in [-0.3, -0.25) is 9.69 Å². The number of carboxylic acids is 1. The number of hydrogen-bond acceptors (Lipinski definition) is 5. The molecular weight excluding hydrogens is 569 g/mol. The summed E-state index contributed by atoms with van der Waals surface area (Å²) in [7, 11) is 0. The first-order valence-corrected chi connectivity index (χ1v) is 14.2. The summed E-state index contributed by atoms with van der Waals surface area (Å²) in [5.41, 5.74) is 0.864. The Bertz CT molecular complexity index is 1730. The van der Waals surface area contributed by atoms with Gasteiger partial charge in [0, 0.05) is 50.7 Å². The normalized spacial score (nSPS) is 16.0. The molecule has 4 aromatic rings. The zero-order valence-corrected chi connectivity index (χ0v) is 23.4. The molecule has 0 aliphatic carbocycles. The van der Waals surface area contributed by atoms with Gasteiger partial charge in [0.1, 0.15) is 23.0 Å². The Hall–Kier alpha value is -4.02. The van der Waals surface area contributed by atoms with Crippen molar-refractivity contribution in [3.8, 4) is 5.69 Å². The fraction of sp³-hybridized carbons (Fsp3) is 0.290. The zero-order chi connectivity index (χ0) is 29.5. The minimum atomic E-state index is -1.42. The molecule has 6 rings (SSSR count). The lowest BCUT2D eigenvalue weighted by Gasteiger charge is -2.38. The van der Waals surface area contributed by atoms with E-state index in [1.165, 1.54) is 35.7 Å². The number of piperazine rings is 1. The molecule has 218 valence electrons. The van der Waals surface area contributed by atoms with Crippen molar-refractivity contribution in [1.82, 2.24) is 9.47 Å². The molecule has 0 bridgehead atoms. The van der Waals surface area contributed by atoms with Gasteiger partial charge in [0.15, 0.2) is 0 Å². The molecule has 0 unspecified atom stereocenters. The van der Waals surface area contributed by atoms with Gasteiger partial charge >= 0.3 is 5.97 Å². The van der Waals surface area contributed by atoms with Crippen molar-refractivity contribution in [1.29, 1.82) is 0 Å². The highest BCUT2D eigenvalue weighted by Gasteiger charge is 2.27. The minimum Gasteiger partial charge on any atom is -0.477 e. The van der Waals surface area contributed by atoms with Gasteiger partial charge in [-0.15, -0.1) is 0 Å². The van der Waals surface area contributed by atoms with Crippen LogP contribution in [-0.2, 0) is 6.54 Å². The highest BCUT2D eigenvalue weighted by atomic mass is 35.5. The van der Waals surface area contributed by atoms with E-state index in [1.54, 1.807) is 9.80 Å². The lowest BCUT2D eigenvalue weighted by atomic mass is 10.1. The Balaban J connectivity index is 1.38. The number of carbonyl (C=O) groups is 1. The van der Waals surface area contributed by atoms with E-state index >= 15 is 4.39 Å². The van der Waals surface area contributed by atoms with Gasteiger partial charge in [0.05, 0.1) is 27.3 Å². The van der Waals surface area contributed by atoms with Gasteiger partial charge < -0.3 is 19.5 Å². The maximum atomic E-state index is 15.6. The summed E-state index contributed by atoms with van der Waals surface area (Å²) in [6.45, 7) is 4.09. The van der Waals surface area contributed by atoms with Crippen molar-refractivity contribution in [2.24, 2.45) is 0 Å². The van der Waals surface area contributed by atoms with Gasteiger partial charge in [0.25, 0.3) is 0 Å². The first-order chi connectivity index (χ1) is 20.2. The number of fused-ring (bicyclic) bond motifs is 1. The molecule has 7 nitrogen and oxygen atoms in total. The highest BCUT2D eigenvalue weighted by molar-refractivity contribution is 6.38. The van der Waals surface area contributed by atoms with Crippen molar-refractivity contribution in [3.63, 3.8) is 0 Å². The number of halogens is 4.